The molecule has 0 aliphatic heterocycles. The van der Waals surface area contributed by atoms with E-state index in [-0.39, 0.29) is 5.91 Å². The Balaban J connectivity index is 2.11. The molecular weight excluding hydrogens is 262 g/mol. The Morgan fingerprint density at radius 2 is 2.10 bits per heavy atom. The molecule has 4 heteroatoms. The maximum Gasteiger partial charge on any atom is 0.221 e. The highest BCUT2D eigenvalue weighted by molar-refractivity contribution is 5.84. The van der Waals surface area contributed by atoms with Gasteiger partial charge in [-0.1, -0.05) is 26.0 Å². The van der Waals surface area contributed by atoms with Gasteiger partial charge in [0, 0.05) is 43.7 Å². The third-order valence-electron chi connectivity index (χ3n) is 3.63. The Morgan fingerprint density at radius 3 is 2.81 bits per heavy atom. The van der Waals surface area contributed by atoms with Crippen LogP contribution in [0.25, 0.3) is 10.9 Å². The number of carbonyl (C=O) groups is 1. The van der Waals surface area contributed by atoms with Crippen molar-refractivity contribution < 1.29 is 4.79 Å². The molecule has 0 unspecified atom stereocenters. The summed E-state index contributed by atoms with van der Waals surface area (Å²) in [7, 11) is 1.68. The minimum absolute atomic E-state index is 0.0756. The van der Waals surface area contributed by atoms with Crippen LogP contribution in [0.2, 0.25) is 0 Å². The topological polar surface area (TPSA) is 46.1 Å². The molecule has 21 heavy (non-hydrogen) atoms. The van der Waals surface area contributed by atoms with Crippen LogP contribution in [-0.2, 0) is 17.9 Å². The lowest BCUT2D eigenvalue weighted by atomic mass is 10.1. The lowest BCUT2D eigenvalue weighted by Crippen LogP contribution is -2.19. The molecule has 1 heterocycles. The van der Waals surface area contributed by atoms with Gasteiger partial charge in [-0.05, 0) is 30.2 Å². The van der Waals surface area contributed by atoms with E-state index in [1.807, 2.05) is 0 Å². The lowest BCUT2D eigenvalue weighted by Gasteiger charge is -2.09. The summed E-state index contributed by atoms with van der Waals surface area (Å²) in [6, 6.07) is 8.51. The molecule has 114 valence electrons. The van der Waals surface area contributed by atoms with E-state index in [2.05, 4.69) is 59.5 Å². The molecule has 0 aliphatic rings. The SMILES string of the molecule is CNC(=O)CCn1ccc2c(CNCC(C)C)cccc21. The molecule has 0 atom stereocenters. The number of carbonyl (C=O) groups excluding carboxylic acids is 1. The average molecular weight is 287 g/mol. The molecule has 0 radical (unpaired) electrons. The van der Waals surface area contributed by atoms with E-state index < -0.39 is 0 Å². The molecule has 2 aromatic rings. The van der Waals surface area contributed by atoms with Gasteiger partial charge in [0.25, 0.3) is 0 Å². The van der Waals surface area contributed by atoms with Gasteiger partial charge >= 0.3 is 0 Å². The van der Waals surface area contributed by atoms with Gasteiger partial charge in [0.2, 0.25) is 5.91 Å². The first-order valence-corrected chi connectivity index (χ1v) is 7.60. The molecule has 0 bridgehead atoms. The van der Waals surface area contributed by atoms with Gasteiger partial charge < -0.3 is 15.2 Å². The first-order chi connectivity index (χ1) is 10.1. The number of hydrogen-bond acceptors (Lipinski definition) is 2. The van der Waals surface area contributed by atoms with Crippen molar-refractivity contribution in [1.29, 1.82) is 0 Å². The van der Waals surface area contributed by atoms with Crippen molar-refractivity contribution in [2.24, 2.45) is 5.92 Å². The summed E-state index contributed by atoms with van der Waals surface area (Å²) in [6.07, 6.45) is 2.58. The summed E-state index contributed by atoms with van der Waals surface area (Å²) in [6.45, 7) is 7.04. The van der Waals surface area contributed by atoms with Crippen molar-refractivity contribution in [3.8, 4) is 0 Å². The van der Waals surface area contributed by atoms with Crippen LogP contribution in [0.4, 0.5) is 0 Å². The van der Waals surface area contributed by atoms with Gasteiger partial charge in [0.1, 0.15) is 0 Å². The Bertz CT molecular complexity index is 601. The molecule has 0 spiro atoms. The summed E-state index contributed by atoms with van der Waals surface area (Å²) in [5, 5.41) is 7.42. The maximum absolute atomic E-state index is 11.4. The van der Waals surface area contributed by atoms with E-state index in [0.717, 1.165) is 13.1 Å². The van der Waals surface area contributed by atoms with Crippen molar-refractivity contribution in [3.63, 3.8) is 0 Å². The summed E-state index contributed by atoms with van der Waals surface area (Å²) in [5.74, 6) is 0.730. The predicted molar refractivity (Wildman–Crippen MR) is 87.2 cm³/mol. The number of hydrogen-bond donors (Lipinski definition) is 2. The van der Waals surface area contributed by atoms with Gasteiger partial charge in [-0.2, -0.15) is 0 Å². The normalized spacial score (nSPS) is 11.2. The van der Waals surface area contributed by atoms with Crippen LogP contribution in [-0.4, -0.2) is 24.1 Å². The van der Waals surface area contributed by atoms with Crippen LogP contribution in [0.3, 0.4) is 0 Å². The molecule has 4 nitrogen and oxygen atoms in total. The van der Waals surface area contributed by atoms with Gasteiger partial charge in [0.05, 0.1) is 0 Å². The quantitative estimate of drug-likeness (QED) is 0.822. The molecule has 1 aromatic carbocycles. The standard InChI is InChI=1S/C17H25N3O/c1-13(2)11-19-12-14-5-4-6-16-15(14)7-9-20(16)10-8-17(21)18-3/h4-7,9,13,19H,8,10-12H2,1-3H3,(H,18,21). The van der Waals surface area contributed by atoms with E-state index >= 15 is 0 Å². The van der Waals surface area contributed by atoms with Crippen molar-refractivity contribution in [2.45, 2.75) is 33.4 Å². The minimum Gasteiger partial charge on any atom is -0.359 e. The molecule has 2 N–H and O–H groups in total. The van der Waals surface area contributed by atoms with Crippen molar-refractivity contribution in [3.05, 3.63) is 36.0 Å². The van der Waals surface area contributed by atoms with Crippen LogP contribution in [0.5, 0.6) is 0 Å². The number of aryl methyl sites for hydroxylation is 1. The Kier molecular flexibility index (Phi) is 5.39. The number of fused-ring (bicyclic) bond motifs is 1. The van der Waals surface area contributed by atoms with E-state index in [9.17, 15) is 4.79 Å². The Morgan fingerprint density at radius 1 is 1.29 bits per heavy atom. The molecule has 0 saturated carbocycles. The van der Waals surface area contributed by atoms with E-state index in [4.69, 9.17) is 0 Å². The van der Waals surface area contributed by atoms with Gasteiger partial charge in [-0.15, -0.1) is 0 Å². The van der Waals surface area contributed by atoms with Gasteiger partial charge in [-0.25, -0.2) is 0 Å². The first-order valence-electron chi connectivity index (χ1n) is 7.60. The Hall–Kier alpha value is -1.81. The second kappa shape index (κ2) is 7.27. The highest BCUT2D eigenvalue weighted by Gasteiger charge is 2.07. The average Bonchev–Trinajstić information content (AvgIpc) is 2.88. The monoisotopic (exact) mass is 287 g/mol. The number of nitrogens with one attached hydrogen (secondary N) is 2. The summed E-state index contributed by atoms with van der Waals surface area (Å²) in [5.41, 5.74) is 2.51. The van der Waals surface area contributed by atoms with Crippen molar-refractivity contribution in [2.75, 3.05) is 13.6 Å². The number of aromatic nitrogens is 1. The largest absolute Gasteiger partial charge is 0.359 e. The summed E-state index contributed by atoms with van der Waals surface area (Å²) >= 11 is 0. The number of benzene rings is 1. The van der Waals surface area contributed by atoms with Crippen LogP contribution < -0.4 is 10.6 Å². The molecule has 2 rings (SSSR count). The second-order valence-corrected chi connectivity index (χ2v) is 5.81. The van der Waals surface area contributed by atoms with E-state index in [1.54, 1.807) is 7.05 Å². The van der Waals surface area contributed by atoms with Crippen LogP contribution in [0.1, 0.15) is 25.8 Å². The maximum atomic E-state index is 11.4. The third kappa shape index (κ3) is 4.08. The van der Waals surface area contributed by atoms with E-state index in [0.29, 0.717) is 18.9 Å². The summed E-state index contributed by atoms with van der Waals surface area (Å²) in [4.78, 5) is 11.4. The van der Waals surface area contributed by atoms with Crippen molar-refractivity contribution in [1.82, 2.24) is 15.2 Å². The zero-order chi connectivity index (χ0) is 15.2. The fraction of sp³-hybridized carbons (Fsp3) is 0.471. The molecule has 0 aliphatic carbocycles. The minimum atomic E-state index is 0.0756. The van der Waals surface area contributed by atoms with Gasteiger partial charge in [0.15, 0.2) is 0 Å². The molecule has 1 aromatic heterocycles. The van der Waals surface area contributed by atoms with Gasteiger partial charge in [-0.3, -0.25) is 4.79 Å². The smallest absolute Gasteiger partial charge is 0.221 e. The second-order valence-electron chi connectivity index (χ2n) is 5.81. The zero-order valence-electron chi connectivity index (χ0n) is 13.1. The molecule has 1 amide bonds. The molecule has 0 saturated heterocycles. The molecular formula is C17H25N3O. The van der Waals surface area contributed by atoms with E-state index in [1.165, 1.54) is 16.5 Å². The number of nitrogens with zero attached hydrogens (tertiary/aromatic N) is 1. The zero-order valence-corrected chi connectivity index (χ0v) is 13.1. The third-order valence-corrected chi connectivity index (χ3v) is 3.63. The number of amides is 1. The highest BCUT2D eigenvalue weighted by Crippen LogP contribution is 2.20. The predicted octanol–water partition coefficient (Wildman–Crippen LogP) is 2.52. The first kappa shape index (κ1) is 15.6. The fourth-order valence-corrected chi connectivity index (χ4v) is 2.48. The van der Waals surface area contributed by atoms with Crippen LogP contribution in [0.15, 0.2) is 30.5 Å². The van der Waals surface area contributed by atoms with Crippen LogP contribution >= 0.6 is 0 Å². The summed E-state index contributed by atoms with van der Waals surface area (Å²) < 4.78 is 2.15. The lowest BCUT2D eigenvalue weighted by molar-refractivity contribution is -0.120. The highest BCUT2D eigenvalue weighted by atomic mass is 16.1. The number of rotatable bonds is 7. The Labute approximate surface area is 126 Å². The van der Waals surface area contributed by atoms with Crippen molar-refractivity contribution >= 4 is 16.8 Å². The van der Waals surface area contributed by atoms with Crippen LogP contribution in [0, 0.1) is 5.92 Å². The molecule has 0 fully saturated rings. The fourth-order valence-electron chi connectivity index (χ4n) is 2.48.